The molecule has 112 valence electrons. The third-order valence-electron chi connectivity index (χ3n) is 3.02. The zero-order valence-electron chi connectivity index (χ0n) is 12.2. The lowest BCUT2D eigenvalue weighted by atomic mass is 10.0. The van der Waals surface area contributed by atoms with Gasteiger partial charge in [-0.2, -0.15) is 0 Å². The van der Waals surface area contributed by atoms with E-state index in [1.54, 1.807) is 39.3 Å². The second-order valence-electron chi connectivity index (χ2n) is 4.98. The molecule has 1 atom stereocenters. The van der Waals surface area contributed by atoms with Gasteiger partial charge in [0.2, 0.25) is 0 Å². The van der Waals surface area contributed by atoms with Gasteiger partial charge in [-0.1, -0.05) is 0 Å². The highest BCUT2D eigenvalue weighted by Crippen LogP contribution is 2.21. The van der Waals surface area contributed by atoms with Gasteiger partial charge in [-0.05, 0) is 25.1 Å². The first-order valence-corrected chi connectivity index (χ1v) is 6.46. The van der Waals surface area contributed by atoms with E-state index < -0.39 is 5.60 Å². The molecule has 0 saturated carbocycles. The summed E-state index contributed by atoms with van der Waals surface area (Å²) in [6.45, 7) is 2.47. The second-order valence-corrected chi connectivity index (χ2v) is 4.98. The number of amides is 1. The van der Waals surface area contributed by atoms with Gasteiger partial charge in [-0.25, -0.2) is 0 Å². The normalized spacial score (nSPS) is 13.6. The number of nitrogens with one attached hydrogen (secondary N) is 2. The molecule has 20 heavy (non-hydrogen) atoms. The van der Waals surface area contributed by atoms with Crippen molar-refractivity contribution < 1.29 is 14.6 Å². The van der Waals surface area contributed by atoms with Crippen molar-refractivity contribution in [2.24, 2.45) is 0 Å². The van der Waals surface area contributed by atoms with Crippen LogP contribution in [0, 0.1) is 0 Å². The van der Waals surface area contributed by atoms with Gasteiger partial charge in [-0.3, -0.25) is 4.79 Å². The number of anilines is 2. The van der Waals surface area contributed by atoms with Gasteiger partial charge in [0.15, 0.2) is 0 Å². The zero-order chi connectivity index (χ0) is 15.2. The van der Waals surface area contributed by atoms with Crippen molar-refractivity contribution in [3.8, 4) is 0 Å². The SMILES string of the molecule is CNC(=O)c1ccc(N)cc1NCC(C)(O)CCOC. The quantitative estimate of drug-likeness (QED) is 0.555. The van der Waals surface area contributed by atoms with Crippen LogP contribution in [0.25, 0.3) is 0 Å². The summed E-state index contributed by atoms with van der Waals surface area (Å²) in [7, 11) is 3.16. The molecule has 0 radical (unpaired) electrons. The number of benzene rings is 1. The van der Waals surface area contributed by atoms with E-state index in [0.29, 0.717) is 36.5 Å². The number of rotatable bonds is 7. The highest BCUT2D eigenvalue weighted by Gasteiger charge is 2.21. The fourth-order valence-corrected chi connectivity index (χ4v) is 1.74. The Bertz CT molecular complexity index is 461. The highest BCUT2D eigenvalue weighted by molar-refractivity contribution is 6.00. The molecular weight excluding hydrogens is 258 g/mol. The molecule has 1 rings (SSSR count). The molecule has 0 heterocycles. The number of carbonyl (C=O) groups excluding carboxylic acids is 1. The largest absolute Gasteiger partial charge is 0.399 e. The minimum Gasteiger partial charge on any atom is -0.399 e. The lowest BCUT2D eigenvalue weighted by Crippen LogP contribution is -2.35. The van der Waals surface area contributed by atoms with Gasteiger partial charge in [-0.15, -0.1) is 0 Å². The lowest BCUT2D eigenvalue weighted by Gasteiger charge is -2.24. The molecule has 6 heteroatoms. The maximum absolute atomic E-state index is 11.8. The number of aliphatic hydroxyl groups is 1. The van der Waals surface area contributed by atoms with Gasteiger partial charge in [0, 0.05) is 45.1 Å². The first kappa shape index (κ1) is 16.3. The topological polar surface area (TPSA) is 96.6 Å². The van der Waals surface area contributed by atoms with Crippen LogP contribution in [0.3, 0.4) is 0 Å². The van der Waals surface area contributed by atoms with Crippen molar-refractivity contribution in [3.05, 3.63) is 23.8 Å². The number of hydrogen-bond acceptors (Lipinski definition) is 5. The molecule has 1 aromatic rings. The second kappa shape index (κ2) is 7.12. The highest BCUT2D eigenvalue weighted by atomic mass is 16.5. The van der Waals surface area contributed by atoms with E-state index >= 15 is 0 Å². The third kappa shape index (κ3) is 4.71. The molecule has 1 aromatic carbocycles. The maximum Gasteiger partial charge on any atom is 0.253 e. The van der Waals surface area contributed by atoms with Crippen LogP contribution in [0.5, 0.6) is 0 Å². The summed E-state index contributed by atoms with van der Waals surface area (Å²) in [5.41, 5.74) is 6.45. The van der Waals surface area contributed by atoms with Gasteiger partial charge in [0.25, 0.3) is 5.91 Å². The Hall–Kier alpha value is -1.79. The summed E-state index contributed by atoms with van der Waals surface area (Å²) in [6, 6.07) is 5.00. The van der Waals surface area contributed by atoms with Crippen LogP contribution >= 0.6 is 0 Å². The third-order valence-corrected chi connectivity index (χ3v) is 3.02. The summed E-state index contributed by atoms with van der Waals surface area (Å²) in [5, 5.41) is 15.8. The van der Waals surface area contributed by atoms with E-state index in [9.17, 15) is 9.90 Å². The average molecular weight is 281 g/mol. The zero-order valence-corrected chi connectivity index (χ0v) is 12.2. The predicted molar refractivity (Wildman–Crippen MR) is 79.9 cm³/mol. The fraction of sp³-hybridized carbons (Fsp3) is 0.500. The minimum absolute atomic E-state index is 0.205. The number of nitrogen functional groups attached to an aromatic ring is 1. The molecule has 0 aliphatic rings. The Morgan fingerprint density at radius 1 is 1.50 bits per heavy atom. The standard InChI is InChI=1S/C14H23N3O3/c1-14(19,6-7-20-3)9-17-12-8-10(15)4-5-11(12)13(18)16-2/h4-5,8,17,19H,6-7,9,15H2,1-3H3,(H,16,18). The Kier molecular flexibility index (Phi) is 5.79. The van der Waals surface area contributed by atoms with Crippen molar-refractivity contribution in [3.63, 3.8) is 0 Å². The summed E-state index contributed by atoms with van der Waals surface area (Å²) in [6.07, 6.45) is 0.494. The van der Waals surface area contributed by atoms with Gasteiger partial charge < -0.3 is 26.2 Å². The van der Waals surface area contributed by atoms with E-state index in [-0.39, 0.29) is 5.91 Å². The van der Waals surface area contributed by atoms with Crippen LogP contribution in [-0.4, -0.2) is 43.9 Å². The minimum atomic E-state index is -0.930. The molecule has 1 unspecified atom stereocenters. The Morgan fingerprint density at radius 2 is 2.20 bits per heavy atom. The average Bonchev–Trinajstić information content (AvgIpc) is 2.42. The molecule has 5 N–H and O–H groups in total. The smallest absolute Gasteiger partial charge is 0.253 e. The summed E-state index contributed by atoms with van der Waals surface area (Å²) in [5.74, 6) is -0.205. The first-order chi connectivity index (χ1) is 9.39. The van der Waals surface area contributed by atoms with Crippen LogP contribution < -0.4 is 16.4 Å². The molecule has 0 saturated heterocycles. The van der Waals surface area contributed by atoms with E-state index in [4.69, 9.17) is 10.5 Å². The van der Waals surface area contributed by atoms with Crippen LogP contribution in [0.1, 0.15) is 23.7 Å². The number of ether oxygens (including phenoxy) is 1. The molecule has 6 nitrogen and oxygen atoms in total. The Morgan fingerprint density at radius 3 is 2.80 bits per heavy atom. The number of methoxy groups -OCH3 is 1. The van der Waals surface area contributed by atoms with Crippen molar-refractivity contribution in [2.75, 3.05) is 38.4 Å². The summed E-state index contributed by atoms with van der Waals surface area (Å²) in [4.78, 5) is 11.8. The fourth-order valence-electron chi connectivity index (χ4n) is 1.74. The predicted octanol–water partition coefficient (Wildman–Crippen LogP) is 0.828. The van der Waals surface area contributed by atoms with Crippen molar-refractivity contribution >= 4 is 17.3 Å². The maximum atomic E-state index is 11.8. The molecule has 0 aliphatic carbocycles. The Labute approximate surface area is 119 Å². The van der Waals surface area contributed by atoms with Crippen LogP contribution in [0.15, 0.2) is 18.2 Å². The van der Waals surface area contributed by atoms with Gasteiger partial charge in [0.05, 0.1) is 11.2 Å². The molecule has 0 spiro atoms. The molecule has 0 aromatic heterocycles. The monoisotopic (exact) mass is 281 g/mol. The van der Waals surface area contributed by atoms with E-state index in [0.717, 1.165) is 0 Å². The van der Waals surface area contributed by atoms with Crippen molar-refractivity contribution in [1.29, 1.82) is 0 Å². The van der Waals surface area contributed by atoms with E-state index in [2.05, 4.69) is 10.6 Å². The molecule has 0 bridgehead atoms. The first-order valence-electron chi connectivity index (χ1n) is 6.46. The molecule has 0 aliphatic heterocycles. The number of hydrogen-bond donors (Lipinski definition) is 4. The molecule has 0 fully saturated rings. The van der Waals surface area contributed by atoms with Crippen LogP contribution in [-0.2, 0) is 4.74 Å². The van der Waals surface area contributed by atoms with Crippen molar-refractivity contribution in [1.82, 2.24) is 5.32 Å². The van der Waals surface area contributed by atoms with E-state index in [1.165, 1.54) is 0 Å². The number of nitrogens with two attached hydrogens (primary N) is 1. The van der Waals surface area contributed by atoms with Gasteiger partial charge >= 0.3 is 0 Å². The van der Waals surface area contributed by atoms with Crippen LogP contribution in [0.2, 0.25) is 0 Å². The van der Waals surface area contributed by atoms with Crippen molar-refractivity contribution in [2.45, 2.75) is 18.9 Å². The lowest BCUT2D eigenvalue weighted by molar-refractivity contribution is 0.0357. The molecule has 1 amide bonds. The Balaban J connectivity index is 2.81. The molecular formula is C14H23N3O3. The summed E-state index contributed by atoms with van der Waals surface area (Å²) < 4.78 is 4.96. The van der Waals surface area contributed by atoms with E-state index in [1.807, 2.05) is 0 Å². The summed E-state index contributed by atoms with van der Waals surface area (Å²) >= 11 is 0. The number of carbonyl (C=O) groups is 1. The van der Waals surface area contributed by atoms with Crippen LogP contribution in [0.4, 0.5) is 11.4 Å². The van der Waals surface area contributed by atoms with Gasteiger partial charge in [0.1, 0.15) is 0 Å².